The molecular weight excluding hydrogens is 280 g/mol. The Balaban J connectivity index is 0.000000200. The summed E-state index contributed by atoms with van der Waals surface area (Å²) in [6.45, 7) is 0. The van der Waals surface area contributed by atoms with Gasteiger partial charge in [-0.15, -0.1) is 0 Å². The zero-order valence-corrected chi connectivity index (χ0v) is 11.2. The van der Waals surface area contributed by atoms with Gasteiger partial charge in [0.25, 0.3) is 0 Å². The molecule has 20 heavy (non-hydrogen) atoms. The van der Waals surface area contributed by atoms with Gasteiger partial charge in [-0.1, -0.05) is 29.8 Å². The summed E-state index contributed by atoms with van der Waals surface area (Å²) in [5.41, 5.74) is 11.5. The standard InChI is InChI=1S/C7H5ClO2.C7H8N2O/c8-6-4-2-1-3-5(6)7(9)10;8-6-3-1-2-5(4-6)7(9)10/h1-4H,(H,9,10);1-4H,8H2,(H2,9,10). The second kappa shape index (κ2) is 7.16. The van der Waals surface area contributed by atoms with Crippen LogP contribution in [0.25, 0.3) is 0 Å². The number of hydrogen-bond donors (Lipinski definition) is 3. The largest absolute Gasteiger partial charge is 0.478 e. The molecule has 0 radical (unpaired) electrons. The summed E-state index contributed by atoms with van der Waals surface area (Å²) in [5.74, 6) is -1.45. The van der Waals surface area contributed by atoms with E-state index < -0.39 is 11.9 Å². The van der Waals surface area contributed by atoms with Gasteiger partial charge in [0.15, 0.2) is 0 Å². The van der Waals surface area contributed by atoms with Crippen molar-refractivity contribution < 1.29 is 14.7 Å². The van der Waals surface area contributed by atoms with Crippen molar-refractivity contribution in [2.45, 2.75) is 0 Å². The highest BCUT2D eigenvalue weighted by Gasteiger charge is 2.04. The smallest absolute Gasteiger partial charge is 0.337 e. The molecule has 2 rings (SSSR count). The molecule has 1 amide bonds. The number of hydrogen-bond acceptors (Lipinski definition) is 3. The summed E-state index contributed by atoms with van der Waals surface area (Å²) in [6, 6.07) is 12.9. The molecule has 6 heteroatoms. The number of carboxylic acid groups (broad SMARTS) is 1. The third kappa shape index (κ3) is 4.62. The van der Waals surface area contributed by atoms with Crippen LogP contribution in [0.2, 0.25) is 5.02 Å². The highest BCUT2D eigenvalue weighted by molar-refractivity contribution is 6.33. The van der Waals surface area contributed by atoms with Gasteiger partial charge < -0.3 is 16.6 Å². The van der Waals surface area contributed by atoms with E-state index in [1.807, 2.05) is 0 Å². The molecule has 0 aliphatic rings. The number of halogens is 1. The van der Waals surface area contributed by atoms with Gasteiger partial charge in [0.2, 0.25) is 5.91 Å². The summed E-state index contributed by atoms with van der Waals surface area (Å²) in [4.78, 5) is 20.9. The van der Waals surface area contributed by atoms with Crippen LogP contribution in [-0.2, 0) is 0 Å². The molecule has 0 spiro atoms. The number of carbonyl (C=O) groups excluding carboxylic acids is 1. The summed E-state index contributed by atoms with van der Waals surface area (Å²) in [7, 11) is 0. The van der Waals surface area contributed by atoms with Gasteiger partial charge in [-0.3, -0.25) is 4.79 Å². The molecule has 5 nitrogen and oxygen atoms in total. The fraction of sp³-hybridized carbons (Fsp3) is 0. The van der Waals surface area contributed by atoms with Crippen LogP contribution in [-0.4, -0.2) is 17.0 Å². The summed E-state index contributed by atoms with van der Waals surface area (Å²) < 4.78 is 0. The Morgan fingerprint density at radius 2 is 1.70 bits per heavy atom. The topological polar surface area (TPSA) is 106 Å². The first-order chi connectivity index (χ1) is 9.41. The third-order valence-electron chi connectivity index (χ3n) is 2.28. The van der Waals surface area contributed by atoms with Gasteiger partial charge in [-0.05, 0) is 30.3 Å². The normalized spacial score (nSPS) is 9.25. The Kier molecular flexibility index (Phi) is 5.56. The van der Waals surface area contributed by atoms with Crippen molar-refractivity contribution in [1.29, 1.82) is 0 Å². The molecule has 104 valence electrons. The van der Waals surface area contributed by atoms with Gasteiger partial charge in [0.05, 0.1) is 10.6 Å². The van der Waals surface area contributed by atoms with Crippen molar-refractivity contribution in [3.05, 3.63) is 64.7 Å². The van der Waals surface area contributed by atoms with Gasteiger partial charge in [0.1, 0.15) is 0 Å². The SMILES string of the molecule is NC(=O)c1cccc(N)c1.O=C(O)c1ccccc1Cl. The van der Waals surface area contributed by atoms with E-state index in [0.717, 1.165) is 0 Å². The minimum absolute atomic E-state index is 0.143. The Hall–Kier alpha value is -2.53. The first-order valence-corrected chi connectivity index (χ1v) is 5.92. The van der Waals surface area contributed by atoms with E-state index >= 15 is 0 Å². The lowest BCUT2D eigenvalue weighted by Gasteiger charge is -1.94. The van der Waals surface area contributed by atoms with Crippen molar-refractivity contribution in [2.24, 2.45) is 5.73 Å². The van der Waals surface area contributed by atoms with Crippen LogP contribution in [0.15, 0.2) is 48.5 Å². The average Bonchev–Trinajstić information content (AvgIpc) is 2.39. The summed E-state index contributed by atoms with van der Waals surface area (Å²) in [6.07, 6.45) is 0. The van der Waals surface area contributed by atoms with Crippen LogP contribution in [0.1, 0.15) is 20.7 Å². The molecule has 0 saturated carbocycles. The van der Waals surface area contributed by atoms with Crippen molar-refractivity contribution in [2.75, 3.05) is 5.73 Å². The number of amides is 1. The fourth-order valence-corrected chi connectivity index (χ4v) is 1.54. The molecule has 0 bridgehead atoms. The van der Waals surface area contributed by atoms with Gasteiger partial charge >= 0.3 is 5.97 Å². The zero-order valence-electron chi connectivity index (χ0n) is 10.4. The van der Waals surface area contributed by atoms with Crippen LogP contribution in [0.4, 0.5) is 5.69 Å². The number of anilines is 1. The molecule has 2 aromatic rings. The van der Waals surface area contributed by atoms with E-state index in [1.165, 1.54) is 6.07 Å². The summed E-state index contributed by atoms with van der Waals surface area (Å²) in [5, 5.41) is 8.75. The second-order valence-electron chi connectivity index (χ2n) is 3.77. The van der Waals surface area contributed by atoms with Crippen LogP contribution in [0.5, 0.6) is 0 Å². The van der Waals surface area contributed by atoms with Crippen molar-refractivity contribution in [1.82, 2.24) is 0 Å². The number of nitrogens with two attached hydrogens (primary N) is 2. The first kappa shape index (κ1) is 15.5. The minimum Gasteiger partial charge on any atom is -0.478 e. The zero-order chi connectivity index (χ0) is 15.1. The predicted molar refractivity (Wildman–Crippen MR) is 77.8 cm³/mol. The third-order valence-corrected chi connectivity index (χ3v) is 2.60. The van der Waals surface area contributed by atoms with Crippen molar-refractivity contribution in [3.63, 3.8) is 0 Å². The molecule has 0 aliphatic heterocycles. The van der Waals surface area contributed by atoms with E-state index in [0.29, 0.717) is 11.3 Å². The molecule has 0 atom stereocenters. The number of carboxylic acids is 1. The average molecular weight is 293 g/mol. The van der Waals surface area contributed by atoms with Crippen LogP contribution in [0.3, 0.4) is 0 Å². The lowest BCUT2D eigenvalue weighted by Crippen LogP contribution is -2.10. The Labute approximate surface area is 120 Å². The number of aromatic carboxylic acids is 1. The highest BCUT2D eigenvalue weighted by atomic mass is 35.5. The molecule has 2 aromatic carbocycles. The number of benzene rings is 2. The minimum atomic E-state index is -0.995. The molecular formula is C14H13ClN2O3. The predicted octanol–water partition coefficient (Wildman–Crippen LogP) is 2.41. The van der Waals surface area contributed by atoms with Crippen LogP contribution in [0, 0.1) is 0 Å². The molecule has 0 fully saturated rings. The van der Waals surface area contributed by atoms with E-state index in [9.17, 15) is 9.59 Å². The molecule has 0 aromatic heterocycles. The van der Waals surface area contributed by atoms with E-state index in [2.05, 4.69) is 0 Å². The lowest BCUT2D eigenvalue weighted by molar-refractivity contribution is 0.0697. The van der Waals surface area contributed by atoms with Crippen molar-refractivity contribution in [3.8, 4) is 0 Å². The number of carbonyl (C=O) groups is 2. The number of primary amides is 1. The number of nitrogen functional groups attached to an aromatic ring is 1. The van der Waals surface area contributed by atoms with Gasteiger partial charge in [-0.2, -0.15) is 0 Å². The molecule has 0 saturated heterocycles. The first-order valence-electron chi connectivity index (χ1n) is 5.55. The second-order valence-corrected chi connectivity index (χ2v) is 4.18. The molecule has 5 N–H and O–H groups in total. The Bertz CT molecular complexity index is 629. The maximum absolute atomic E-state index is 10.5. The Morgan fingerprint density at radius 1 is 1.05 bits per heavy atom. The maximum Gasteiger partial charge on any atom is 0.337 e. The van der Waals surface area contributed by atoms with Crippen LogP contribution >= 0.6 is 11.6 Å². The summed E-state index contributed by atoms with van der Waals surface area (Å²) >= 11 is 5.54. The molecule has 0 unspecified atom stereocenters. The lowest BCUT2D eigenvalue weighted by atomic mass is 10.2. The van der Waals surface area contributed by atoms with E-state index in [4.69, 9.17) is 28.2 Å². The van der Waals surface area contributed by atoms with Crippen LogP contribution < -0.4 is 11.5 Å². The molecule has 0 aliphatic carbocycles. The monoisotopic (exact) mass is 292 g/mol. The van der Waals surface area contributed by atoms with Gasteiger partial charge in [-0.25, -0.2) is 4.79 Å². The maximum atomic E-state index is 10.5. The fourth-order valence-electron chi connectivity index (χ4n) is 1.33. The van der Waals surface area contributed by atoms with Crippen molar-refractivity contribution >= 4 is 29.2 Å². The van der Waals surface area contributed by atoms with Gasteiger partial charge in [0, 0.05) is 11.3 Å². The van der Waals surface area contributed by atoms with E-state index in [-0.39, 0.29) is 10.6 Å². The molecule has 0 heterocycles. The highest BCUT2D eigenvalue weighted by Crippen LogP contribution is 2.13. The van der Waals surface area contributed by atoms with E-state index in [1.54, 1.807) is 42.5 Å². The number of rotatable bonds is 2. The quantitative estimate of drug-likeness (QED) is 0.739. The Morgan fingerprint density at radius 3 is 2.10 bits per heavy atom.